The number of phenolic OH excluding ortho intramolecular Hbond substituents is 1. The SMILES string of the molecule is CC(=O)N[C@H]1CCC(=O)NCCCC[C@@H](C(N)=O)NC(=O)[C@@H]2CCCN2C(=O)[C@H](Cc2ccccc2)NC(=O)[C@H](CC(C)C)NC(=O)[C@@H]2CCCN2C(=O)[C@H](C(C)C)NC(=O)[C@H](Cc2ccc(O)cc2)NC1=O. The van der Waals surface area contributed by atoms with Crippen molar-refractivity contribution in [1.82, 2.24) is 47.0 Å². The molecule has 10 amide bonds. The van der Waals surface area contributed by atoms with Gasteiger partial charge in [0.25, 0.3) is 0 Å². The predicted molar refractivity (Wildman–Crippen MR) is 268 cm³/mol. The number of nitrogens with two attached hydrogens (primary N) is 1. The number of aromatic hydroxyl groups is 1. The van der Waals surface area contributed by atoms with E-state index in [1.807, 2.05) is 19.9 Å². The molecule has 3 saturated heterocycles. The number of carbonyl (C=O) groups is 10. The van der Waals surface area contributed by atoms with Crippen molar-refractivity contribution in [3.63, 3.8) is 0 Å². The molecule has 0 spiro atoms. The molecule has 3 aliphatic heterocycles. The minimum atomic E-state index is -1.33. The molecule has 0 bridgehead atoms. The Morgan fingerprint density at radius 3 is 1.81 bits per heavy atom. The number of benzene rings is 2. The number of nitrogens with one attached hydrogen (secondary N) is 7. The fraction of sp³-hybridized carbons (Fsp3) is 0.577. The standard InChI is InChI=1S/C52H74N10O11/c1-30(2)27-38-47(68)59-40(29-33-13-7-6-8-14-33)51(72)61-25-11-16-41(61)49(70)56-36(45(53)66)15-9-10-24-54-43(65)23-22-37(55-32(5)63)46(67)57-39(28-34-18-20-35(64)21-19-34)48(69)60-44(31(3)4)52(73)62-26-12-17-42(62)50(71)58-38/h6-8,13-14,18-21,30-31,36-42,44,64H,9-12,15-17,22-29H2,1-5H3,(H2,53,66)(H,54,65)(H,55,63)(H,56,70)(H,57,67)(H,58,71)(H,59,68)(H,60,69)/t36-,37-,38-,39-,40-,41-,42-,44-/m0/s1. The summed E-state index contributed by atoms with van der Waals surface area (Å²) in [5.74, 6) is -6.94. The maximum absolute atomic E-state index is 14.6. The Balaban J connectivity index is 1.48. The molecule has 0 unspecified atom stereocenters. The molecule has 0 radical (unpaired) electrons. The summed E-state index contributed by atoms with van der Waals surface area (Å²) in [6.45, 7) is 8.91. The fourth-order valence-electron chi connectivity index (χ4n) is 9.53. The van der Waals surface area contributed by atoms with E-state index >= 15 is 0 Å². The molecule has 398 valence electrons. The number of hydrogen-bond acceptors (Lipinski definition) is 11. The van der Waals surface area contributed by atoms with Gasteiger partial charge < -0.3 is 57.9 Å². The van der Waals surface area contributed by atoms with Crippen LogP contribution in [0.1, 0.15) is 110 Å². The second-order valence-electron chi connectivity index (χ2n) is 20.1. The van der Waals surface area contributed by atoms with E-state index in [1.165, 1.54) is 28.9 Å². The number of carbonyl (C=O) groups excluding carboxylic acids is 10. The minimum Gasteiger partial charge on any atom is -0.508 e. The van der Waals surface area contributed by atoms with E-state index < -0.39 is 113 Å². The molecule has 3 fully saturated rings. The van der Waals surface area contributed by atoms with Gasteiger partial charge in [-0.05, 0) is 92.9 Å². The van der Waals surface area contributed by atoms with Gasteiger partial charge in [-0.1, -0.05) is 70.2 Å². The molecule has 8 atom stereocenters. The molecule has 0 saturated carbocycles. The lowest BCUT2D eigenvalue weighted by atomic mass is 9.99. The summed E-state index contributed by atoms with van der Waals surface area (Å²) >= 11 is 0. The Hall–Kier alpha value is -7.06. The number of rotatable bonds is 9. The van der Waals surface area contributed by atoms with Crippen LogP contribution in [0.5, 0.6) is 5.75 Å². The third kappa shape index (κ3) is 16.7. The zero-order valence-corrected chi connectivity index (χ0v) is 42.6. The number of hydrogen-bond donors (Lipinski definition) is 9. The summed E-state index contributed by atoms with van der Waals surface area (Å²) in [7, 11) is 0. The van der Waals surface area contributed by atoms with Crippen LogP contribution >= 0.6 is 0 Å². The molecule has 10 N–H and O–H groups in total. The molecule has 3 heterocycles. The summed E-state index contributed by atoms with van der Waals surface area (Å²) in [5, 5.41) is 29.2. The van der Waals surface area contributed by atoms with E-state index in [0.717, 1.165) is 5.56 Å². The van der Waals surface area contributed by atoms with E-state index in [1.54, 1.807) is 50.2 Å². The molecule has 21 nitrogen and oxygen atoms in total. The van der Waals surface area contributed by atoms with Crippen molar-refractivity contribution >= 4 is 59.1 Å². The quantitative estimate of drug-likeness (QED) is 0.165. The van der Waals surface area contributed by atoms with Gasteiger partial charge in [0.1, 0.15) is 54.1 Å². The van der Waals surface area contributed by atoms with Crippen LogP contribution in [0.4, 0.5) is 0 Å². The highest BCUT2D eigenvalue weighted by Gasteiger charge is 2.43. The van der Waals surface area contributed by atoms with Crippen molar-refractivity contribution in [2.24, 2.45) is 17.6 Å². The number of amides is 10. The highest BCUT2D eigenvalue weighted by Crippen LogP contribution is 2.24. The zero-order valence-electron chi connectivity index (χ0n) is 42.6. The largest absolute Gasteiger partial charge is 0.508 e. The molecule has 2 aromatic rings. The highest BCUT2D eigenvalue weighted by atomic mass is 16.3. The number of phenols is 1. The zero-order chi connectivity index (χ0) is 53.4. The van der Waals surface area contributed by atoms with Gasteiger partial charge in [0, 0.05) is 45.8 Å². The summed E-state index contributed by atoms with van der Waals surface area (Å²) in [6.07, 6.45) is 2.06. The molecule has 3 aliphatic rings. The van der Waals surface area contributed by atoms with Gasteiger partial charge in [-0.15, -0.1) is 0 Å². The van der Waals surface area contributed by atoms with Crippen LogP contribution in [0, 0.1) is 11.8 Å². The summed E-state index contributed by atoms with van der Waals surface area (Å²) in [4.78, 5) is 141. The molecule has 2 aromatic carbocycles. The van der Waals surface area contributed by atoms with Crippen molar-refractivity contribution in [3.05, 3.63) is 65.7 Å². The van der Waals surface area contributed by atoms with Crippen LogP contribution in [0.15, 0.2) is 54.6 Å². The van der Waals surface area contributed by atoms with E-state index in [-0.39, 0.29) is 82.7 Å². The van der Waals surface area contributed by atoms with Crippen molar-refractivity contribution in [2.45, 2.75) is 160 Å². The van der Waals surface area contributed by atoms with Gasteiger partial charge in [-0.3, -0.25) is 47.9 Å². The lowest BCUT2D eigenvalue weighted by Gasteiger charge is -2.33. The number of fused-ring (bicyclic) bond motifs is 2. The minimum absolute atomic E-state index is 0.0328. The Bertz CT molecular complexity index is 2290. The number of nitrogens with zero attached hydrogens (tertiary/aromatic N) is 2. The van der Waals surface area contributed by atoms with E-state index in [9.17, 15) is 53.1 Å². The first-order valence-electron chi connectivity index (χ1n) is 25.5. The second-order valence-corrected chi connectivity index (χ2v) is 20.1. The Morgan fingerprint density at radius 2 is 1.21 bits per heavy atom. The van der Waals surface area contributed by atoms with E-state index in [2.05, 4.69) is 37.2 Å². The second kappa shape index (κ2) is 27.1. The first-order valence-corrected chi connectivity index (χ1v) is 25.5. The fourth-order valence-corrected chi connectivity index (χ4v) is 9.53. The molecule has 5 rings (SSSR count). The molecule has 73 heavy (non-hydrogen) atoms. The summed E-state index contributed by atoms with van der Waals surface area (Å²) < 4.78 is 0. The normalized spacial score (nSPS) is 26.1. The maximum Gasteiger partial charge on any atom is 0.246 e. The van der Waals surface area contributed by atoms with Crippen LogP contribution in [0.3, 0.4) is 0 Å². The lowest BCUT2D eigenvalue weighted by Crippen LogP contribution is -2.61. The predicted octanol–water partition coefficient (Wildman–Crippen LogP) is 0.356. The highest BCUT2D eigenvalue weighted by molar-refractivity contribution is 5.98. The molecule has 0 aromatic heterocycles. The first-order chi connectivity index (χ1) is 34.7. The maximum atomic E-state index is 14.6. The third-order valence-electron chi connectivity index (χ3n) is 13.4. The van der Waals surface area contributed by atoms with Gasteiger partial charge in [-0.25, -0.2) is 0 Å². The van der Waals surface area contributed by atoms with Gasteiger partial charge in [-0.2, -0.15) is 0 Å². The Morgan fingerprint density at radius 1 is 0.644 bits per heavy atom. The van der Waals surface area contributed by atoms with Gasteiger partial charge >= 0.3 is 0 Å². The van der Waals surface area contributed by atoms with Crippen molar-refractivity contribution in [1.29, 1.82) is 0 Å². The van der Waals surface area contributed by atoms with Crippen LogP contribution in [-0.2, 0) is 60.8 Å². The molecule has 21 heteroatoms. The lowest BCUT2D eigenvalue weighted by molar-refractivity contribution is -0.144. The third-order valence-corrected chi connectivity index (χ3v) is 13.4. The monoisotopic (exact) mass is 1010 g/mol. The summed E-state index contributed by atoms with van der Waals surface area (Å²) in [5.41, 5.74) is 7.00. The topological polar surface area (TPSA) is 308 Å². The van der Waals surface area contributed by atoms with Crippen LogP contribution in [0.25, 0.3) is 0 Å². The number of primary amides is 1. The van der Waals surface area contributed by atoms with Crippen molar-refractivity contribution < 1.29 is 53.1 Å². The molecule has 0 aliphatic carbocycles. The van der Waals surface area contributed by atoms with Crippen molar-refractivity contribution in [2.75, 3.05) is 19.6 Å². The van der Waals surface area contributed by atoms with Gasteiger partial charge in [0.05, 0.1) is 0 Å². The van der Waals surface area contributed by atoms with E-state index in [4.69, 9.17) is 5.73 Å². The molecular formula is C52H74N10O11. The van der Waals surface area contributed by atoms with Crippen LogP contribution < -0.4 is 43.0 Å². The average Bonchev–Trinajstić information content (AvgIpc) is 4.05. The van der Waals surface area contributed by atoms with Gasteiger partial charge in [0.2, 0.25) is 59.1 Å². The van der Waals surface area contributed by atoms with E-state index in [0.29, 0.717) is 31.2 Å². The smallest absolute Gasteiger partial charge is 0.246 e. The first kappa shape index (κ1) is 56.8. The van der Waals surface area contributed by atoms with Crippen LogP contribution in [-0.4, -0.2) is 142 Å². The Kier molecular flexibility index (Phi) is 21.1. The molecular weight excluding hydrogens is 941 g/mol. The van der Waals surface area contributed by atoms with Gasteiger partial charge in [0.15, 0.2) is 0 Å². The van der Waals surface area contributed by atoms with Crippen molar-refractivity contribution in [3.8, 4) is 5.75 Å². The Labute approximate surface area is 426 Å². The average molecular weight is 1020 g/mol. The summed E-state index contributed by atoms with van der Waals surface area (Å²) in [6, 6.07) is 5.77. The van der Waals surface area contributed by atoms with Crippen LogP contribution in [0.2, 0.25) is 0 Å².